The average Bonchev–Trinajstić information content (AvgIpc) is 2.91. The molecule has 1 aliphatic rings. The van der Waals surface area contributed by atoms with Gasteiger partial charge in [0, 0.05) is 49.1 Å². The molecule has 0 saturated heterocycles. The summed E-state index contributed by atoms with van der Waals surface area (Å²) in [6.07, 6.45) is 5.54. The standard InChI is InChI=1S/C28H25ClF2N6O3/c1-14-11-34-21(20-4-5-33-26(36-20)16-7-17(8-16)27(38)32-3)10-23(14)37-15(2)6-24(25(29)28(37)39)40-13-22-19(31)9-18(30)12-35-22/h4-6,9-12,16-17H,7-8,13H2,1-3H3,(H,32,38). The molecule has 1 saturated carbocycles. The molecule has 1 fully saturated rings. The molecule has 1 N–H and O–H groups in total. The number of pyridine rings is 3. The first-order chi connectivity index (χ1) is 19.2. The van der Waals surface area contributed by atoms with Gasteiger partial charge in [0.05, 0.1) is 23.3 Å². The van der Waals surface area contributed by atoms with Crippen molar-refractivity contribution >= 4 is 17.5 Å². The van der Waals surface area contributed by atoms with Crippen molar-refractivity contribution in [1.29, 1.82) is 0 Å². The van der Waals surface area contributed by atoms with Crippen LogP contribution in [-0.2, 0) is 11.4 Å². The largest absolute Gasteiger partial charge is 0.485 e. The number of carbonyl (C=O) groups excluding carboxylic acids is 1. The molecule has 1 aliphatic carbocycles. The summed E-state index contributed by atoms with van der Waals surface area (Å²) in [7, 11) is 1.63. The van der Waals surface area contributed by atoms with E-state index in [1.807, 2.05) is 6.92 Å². The smallest absolute Gasteiger partial charge is 0.277 e. The first-order valence-corrected chi connectivity index (χ1v) is 12.9. The van der Waals surface area contributed by atoms with Gasteiger partial charge in [-0.3, -0.25) is 24.1 Å². The lowest BCUT2D eigenvalue weighted by molar-refractivity contribution is -0.127. The number of aryl methyl sites for hydroxylation is 2. The highest BCUT2D eigenvalue weighted by Crippen LogP contribution is 2.40. The minimum Gasteiger partial charge on any atom is -0.485 e. The van der Waals surface area contributed by atoms with Crippen LogP contribution < -0.4 is 15.6 Å². The van der Waals surface area contributed by atoms with E-state index in [2.05, 4.69) is 20.3 Å². The number of aromatic nitrogens is 5. The van der Waals surface area contributed by atoms with Gasteiger partial charge in [-0.2, -0.15) is 0 Å². The number of nitrogens with one attached hydrogen (secondary N) is 1. The predicted molar refractivity (Wildman–Crippen MR) is 143 cm³/mol. The minimum absolute atomic E-state index is 0.0208. The summed E-state index contributed by atoms with van der Waals surface area (Å²) < 4.78 is 34.1. The van der Waals surface area contributed by atoms with Gasteiger partial charge in [0.2, 0.25) is 5.91 Å². The SMILES string of the molecule is CNC(=O)C1CC(c2nccc(-c3cc(-n4c(C)cc(OCc5ncc(F)cc5F)c(Cl)c4=O)c(C)cn3)n2)C1. The van der Waals surface area contributed by atoms with Gasteiger partial charge in [-0.05, 0) is 44.4 Å². The molecule has 0 aromatic carbocycles. The second-order valence-corrected chi connectivity index (χ2v) is 9.99. The van der Waals surface area contributed by atoms with Crippen LogP contribution in [0.1, 0.15) is 41.5 Å². The molecular formula is C28H25ClF2N6O3. The van der Waals surface area contributed by atoms with Crippen molar-refractivity contribution in [3.8, 4) is 22.8 Å². The van der Waals surface area contributed by atoms with Gasteiger partial charge in [-0.1, -0.05) is 11.6 Å². The third kappa shape index (κ3) is 5.29. The van der Waals surface area contributed by atoms with E-state index in [1.165, 1.54) is 4.57 Å². The zero-order chi connectivity index (χ0) is 28.6. The number of hydrogen-bond donors (Lipinski definition) is 1. The van der Waals surface area contributed by atoms with Crippen LogP contribution in [0.5, 0.6) is 5.75 Å². The molecule has 4 aromatic rings. The normalized spacial score (nSPS) is 16.4. The number of nitrogens with zero attached hydrogens (tertiary/aromatic N) is 5. The fourth-order valence-corrected chi connectivity index (χ4v) is 4.83. The Bertz CT molecular complexity index is 1670. The van der Waals surface area contributed by atoms with Crippen molar-refractivity contribution < 1.29 is 18.3 Å². The van der Waals surface area contributed by atoms with Crippen LogP contribution in [0.2, 0.25) is 5.02 Å². The molecule has 206 valence electrons. The van der Waals surface area contributed by atoms with Crippen molar-refractivity contribution in [2.24, 2.45) is 5.92 Å². The molecule has 5 rings (SSSR count). The first-order valence-electron chi connectivity index (χ1n) is 12.5. The lowest BCUT2D eigenvalue weighted by Gasteiger charge is -2.32. The van der Waals surface area contributed by atoms with Gasteiger partial charge >= 0.3 is 0 Å². The quantitative estimate of drug-likeness (QED) is 0.352. The van der Waals surface area contributed by atoms with E-state index < -0.39 is 17.2 Å². The van der Waals surface area contributed by atoms with Crippen LogP contribution in [0.25, 0.3) is 17.1 Å². The maximum atomic E-state index is 14.0. The highest BCUT2D eigenvalue weighted by atomic mass is 35.5. The Morgan fingerprint density at radius 2 is 1.90 bits per heavy atom. The molecular weight excluding hydrogens is 542 g/mol. The maximum absolute atomic E-state index is 14.0. The van der Waals surface area contributed by atoms with Gasteiger partial charge in [0.1, 0.15) is 34.7 Å². The lowest BCUT2D eigenvalue weighted by atomic mass is 9.74. The maximum Gasteiger partial charge on any atom is 0.277 e. The fraction of sp³-hybridized carbons (Fsp3) is 0.286. The highest BCUT2D eigenvalue weighted by molar-refractivity contribution is 6.31. The Morgan fingerprint density at radius 3 is 2.62 bits per heavy atom. The zero-order valence-electron chi connectivity index (χ0n) is 21.9. The summed E-state index contributed by atoms with van der Waals surface area (Å²) >= 11 is 6.39. The van der Waals surface area contributed by atoms with Crippen LogP contribution in [-0.4, -0.2) is 37.5 Å². The van der Waals surface area contributed by atoms with Crippen molar-refractivity contribution in [2.45, 2.75) is 39.2 Å². The van der Waals surface area contributed by atoms with E-state index in [0.29, 0.717) is 47.5 Å². The van der Waals surface area contributed by atoms with Crippen molar-refractivity contribution in [3.05, 3.63) is 92.6 Å². The summed E-state index contributed by atoms with van der Waals surface area (Å²) in [6, 6.07) is 5.75. The molecule has 1 amide bonds. The van der Waals surface area contributed by atoms with Gasteiger partial charge in [0.25, 0.3) is 5.56 Å². The van der Waals surface area contributed by atoms with E-state index in [9.17, 15) is 18.4 Å². The lowest BCUT2D eigenvalue weighted by Crippen LogP contribution is -2.36. The Morgan fingerprint density at radius 1 is 1.12 bits per heavy atom. The summed E-state index contributed by atoms with van der Waals surface area (Å²) in [5, 5.41) is 2.47. The summed E-state index contributed by atoms with van der Waals surface area (Å²) in [5.74, 6) is -0.906. The Kier molecular flexibility index (Phi) is 7.57. The molecule has 0 atom stereocenters. The third-order valence-corrected chi connectivity index (χ3v) is 7.27. The van der Waals surface area contributed by atoms with Crippen LogP contribution in [0.4, 0.5) is 8.78 Å². The molecule has 0 aliphatic heterocycles. The van der Waals surface area contributed by atoms with Crippen LogP contribution in [0.15, 0.2) is 47.7 Å². The van der Waals surface area contributed by atoms with Gasteiger partial charge in [-0.15, -0.1) is 0 Å². The van der Waals surface area contributed by atoms with E-state index >= 15 is 0 Å². The molecule has 0 bridgehead atoms. The van der Waals surface area contributed by atoms with Crippen LogP contribution in [0.3, 0.4) is 0 Å². The van der Waals surface area contributed by atoms with E-state index in [-0.39, 0.29) is 40.8 Å². The van der Waals surface area contributed by atoms with Crippen LogP contribution >= 0.6 is 11.6 Å². The third-order valence-electron chi connectivity index (χ3n) is 6.92. The average molecular weight is 567 g/mol. The highest BCUT2D eigenvalue weighted by Gasteiger charge is 2.36. The summed E-state index contributed by atoms with van der Waals surface area (Å²) in [5.41, 5.74) is 2.24. The molecule has 40 heavy (non-hydrogen) atoms. The summed E-state index contributed by atoms with van der Waals surface area (Å²) in [6.45, 7) is 3.19. The number of hydrogen-bond acceptors (Lipinski definition) is 7. The van der Waals surface area contributed by atoms with Crippen LogP contribution in [0, 0.1) is 31.4 Å². The predicted octanol–water partition coefficient (Wildman–Crippen LogP) is 4.45. The Hall–Kier alpha value is -4.25. The number of rotatable bonds is 7. The second-order valence-electron chi connectivity index (χ2n) is 9.61. The number of halogens is 3. The topological polar surface area (TPSA) is 112 Å². The van der Waals surface area contributed by atoms with Crippen molar-refractivity contribution in [2.75, 3.05) is 7.05 Å². The van der Waals surface area contributed by atoms with E-state index in [4.69, 9.17) is 21.3 Å². The van der Waals surface area contributed by atoms with Gasteiger partial charge in [0.15, 0.2) is 5.82 Å². The summed E-state index contributed by atoms with van der Waals surface area (Å²) in [4.78, 5) is 42.5. The molecule has 0 unspecified atom stereocenters. The monoisotopic (exact) mass is 566 g/mol. The number of ether oxygens (including phenoxy) is 1. The van der Waals surface area contributed by atoms with Gasteiger partial charge < -0.3 is 10.1 Å². The molecule has 9 nitrogen and oxygen atoms in total. The number of amides is 1. The minimum atomic E-state index is -0.863. The van der Waals surface area contributed by atoms with E-state index in [1.54, 1.807) is 44.6 Å². The Balaban J connectivity index is 1.43. The molecule has 12 heteroatoms. The molecule has 0 spiro atoms. The second kappa shape index (κ2) is 11.1. The Labute approximate surface area is 233 Å². The first kappa shape index (κ1) is 27.3. The van der Waals surface area contributed by atoms with Crippen molar-refractivity contribution in [3.63, 3.8) is 0 Å². The fourth-order valence-electron chi connectivity index (χ4n) is 4.64. The molecule has 4 heterocycles. The zero-order valence-corrected chi connectivity index (χ0v) is 22.7. The molecule has 4 aromatic heterocycles. The van der Waals surface area contributed by atoms with E-state index in [0.717, 1.165) is 11.8 Å². The number of carbonyl (C=O) groups is 1. The molecule has 0 radical (unpaired) electrons. The van der Waals surface area contributed by atoms with Gasteiger partial charge in [-0.25, -0.2) is 18.7 Å². The van der Waals surface area contributed by atoms with Crippen molar-refractivity contribution in [1.82, 2.24) is 29.8 Å².